The highest BCUT2D eigenvalue weighted by Gasteiger charge is 2.33. The Morgan fingerprint density at radius 2 is 2.33 bits per heavy atom. The zero-order chi connectivity index (χ0) is 12.7. The number of pyridine rings is 1. The van der Waals surface area contributed by atoms with E-state index in [1.807, 2.05) is 25.1 Å². The molecule has 0 bridgehead atoms. The molecule has 0 saturated heterocycles. The molecule has 2 heterocycles. The van der Waals surface area contributed by atoms with Gasteiger partial charge in [0.1, 0.15) is 5.65 Å². The van der Waals surface area contributed by atoms with E-state index in [0.29, 0.717) is 17.5 Å². The van der Waals surface area contributed by atoms with Crippen molar-refractivity contribution >= 4 is 17.4 Å². The van der Waals surface area contributed by atoms with E-state index >= 15 is 0 Å². The number of carbonyl (C=O) groups is 1. The van der Waals surface area contributed by atoms with Gasteiger partial charge in [0.2, 0.25) is 0 Å². The van der Waals surface area contributed by atoms with Gasteiger partial charge in [-0.15, -0.1) is 0 Å². The van der Waals surface area contributed by atoms with Gasteiger partial charge in [0.05, 0.1) is 0 Å². The second-order valence-electron chi connectivity index (χ2n) is 4.54. The SMILES string of the molecule is CCN(c1nc2ccccn2c1C(=O)O)C1CC1. The lowest BCUT2D eigenvalue weighted by molar-refractivity contribution is 0.0690. The van der Waals surface area contributed by atoms with Crippen LogP contribution in [0.1, 0.15) is 30.3 Å². The average molecular weight is 245 g/mol. The molecule has 0 atom stereocenters. The fourth-order valence-corrected chi connectivity index (χ4v) is 2.35. The summed E-state index contributed by atoms with van der Waals surface area (Å²) in [5.41, 5.74) is 0.948. The van der Waals surface area contributed by atoms with Crippen LogP contribution in [0, 0.1) is 0 Å². The summed E-state index contributed by atoms with van der Waals surface area (Å²) in [5, 5.41) is 9.41. The molecule has 0 unspecified atom stereocenters. The minimum Gasteiger partial charge on any atom is -0.476 e. The number of hydrogen-bond donors (Lipinski definition) is 1. The van der Waals surface area contributed by atoms with Crippen molar-refractivity contribution in [3.05, 3.63) is 30.1 Å². The van der Waals surface area contributed by atoms with Gasteiger partial charge < -0.3 is 10.0 Å². The number of aromatic nitrogens is 2. The molecule has 0 aliphatic heterocycles. The average Bonchev–Trinajstić information content (AvgIpc) is 3.10. The van der Waals surface area contributed by atoms with Crippen LogP contribution in [-0.4, -0.2) is 33.0 Å². The fraction of sp³-hybridized carbons (Fsp3) is 0.385. The molecule has 5 nitrogen and oxygen atoms in total. The third-order valence-corrected chi connectivity index (χ3v) is 3.31. The number of anilines is 1. The maximum absolute atomic E-state index is 11.5. The molecular formula is C13H15N3O2. The molecule has 0 radical (unpaired) electrons. The minimum atomic E-state index is -0.928. The Morgan fingerprint density at radius 1 is 1.56 bits per heavy atom. The van der Waals surface area contributed by atoms with Crippen molar-refractivity contribution in [2.75, 3.05) is 11.4 Å². The number of fused-ring (bicyclic) bond motifs is 1. The van der Waals surface area contributed by atoms with E-state index in [4.69, 9.17) is 0 Å². The lowest BCUT2D eigenvalue weighted by Crippen LogP contribution is -2.27. The lowest BCUT2D eigenvalue weighted by Gasteiger charge is -2.20. The predicted molar refractivity (Wildman–Crippen MR) is 68.2 cm³/mol. The van der Waals surface area contributed by atoms with Crippen molar-refractivity contribution in [1.29, 1.82) is 0 Å². The Bertz CT molecular complexity index is 601. The molecule has 0 amide bonds. The van der Waals surface area contributed by atoms with Crippen molar-refractivity contribution in [2.24, 2.45) is 0 Å². The molecule has 2 aromatic heterocycles. The zero-order valence-electron chi connectivity index (χ0n) is 10.2. The summed E-state index contributed by atoms with van der Waals surface area (Å²) in [4.78, 5) is 18.0. The molecule has 94 valence electrons. The van der Waals surface area contributed by atoms with Crippen molar-refractivity contribution in [3.8, 4) is 0 Å². The van der Waals surface area contributed by atoms with Gasteiger partial charge in [-0.25, -0.2) is 9.78 Å². The molecule has 2 aromatic rings. The highest BCUT2D eigenvalue weighted by molar-refractivity contribution is 5.93. The van der Waals surface area contributed by atoms with Crippen molar-refractivity contribution in [3.63, 3.8) is 0 Å². The third-order valence-electron chi connectivity index (χ3n) is 3.31. The smallest absolute Gasteiger partial charge is 0.356 e. The summed E-state index contributed by atoms with van der Waals surface area (Å²) in [6.07, 6.45) is 4.00. The number of nitrogens with zero attached hydrogens (tertiary/aromatic N) is 3. The molecular weight excluding hydrogens is 230 g/mol. The highest BCUT2D eigenvalue weighted by Crippen LogP contribution is 2.33. The van der Waals surface area contributed by atoms with Crippen LogP contribution >= 0.6 is 0 Å². The first-order valence-corrected chi connectivity index (χ1v) is 6.19. The standard InChI is InChI=1S/C13H15N3O2/c1-2-15(9-6-7-9)12-11(13(17)18)16-8-4-3-5-10(16)14-12/h3-5,8-9H,2,6-7H2,1H3,(H,17,18). The largest absolute Gasteiger partial charge is 0.476 e. The Labute approximate surface area is 105 Å². The van der Waals surface area contributed by atoms with Gasteiger partial charge >= 0.3 is 5.97 Å². The van der Waals surface area contributed by atoms with Crippen LogP contribution in [0.4, 0.5) is 5.82 Å². The van der Waals surface area contributed by atoms with E-state index in [-0.39, 0.29) is 5.69 Å². The molecule has 18 heavy (non-hydrogen) atoms. The molecule has 1 N–H and O–H groups in total. The summed E-state index contributed by atoms with van der Waals surface area (Å²) in [5.74, 6) is -0.332. The second-order valence-corrected chi connectivity index (χ2v) is 4.54. The van der Waals surface area contributed by atoms with E-state index in [2.05, 4.69) is 9.88 Å². The monoisotopic (exact) mass is 245 g/mol. The molecule has 1 aliphatic rings. The normalized spacial score (nSPS) is 14.9. The summed E-state index contributed by atoms with van der Waals surface area (Å²) in [6.45, 7) is 2.82. The van der Waals surface area contributed by atoms with Gasteiger partial charge in [-0.1, -0.05) is 6.07 Å². The molecule has 3 rings (SSSR count). The number of carboxylic acids is 1. The Balaban J connectivity index is 2.20. The van der Waals surface area contributed by atoms with Gasteiger partial charge in [-0.2, -0.15) is 0 Å². The maximum Gasteiger partial charge on any atom is 0.356 e. The molecule has 1 saturated carbocycles. The maximum atomic E-state index is 11.5. The first-order valence-electron chi connectivity index (χ1n) is 6.19. The van der Waals surface area contributed by atoms with Crippen molar-refractivity contribution < 1.29 is 9.90 Å². The van der Waals surface area contributed by atoms with Crippen LogP contribution < -0.4 is 4.90 Å². The van der Waals surface area contributed by atoms with Gasteiger partial charge in [-0.3, -0.25) is 4.40 Å². The summed E-state index contributed by atoms with van der Waals surface area (Å²) in [7, 11) is 0. The van der Waals surface area contributed by atoms with Crippen LogP contribution in [0.2, 0.25) is 0 Å². The van der Waals surface area contributed by atoms with Gasteiger partial charge in [-0.05, 0) is 31.9 Å². The Kier molecular flexibility index (Phi) is 2.47. The van der Waals surface area contributed by atoms with Gasteiger partial charge in [0.25, 0.3) is 0 Å². The van der Waals surface area contributed by atoms with Gasteiger partial charge in [0, 0.05) is 18.8 Å². The zero-order valence-corrected chi connectivity index (χ0v) is 10.2. The molecule has 0 aromatic carbocycles. The molecule has 0 spiro atoms. The Hall–Kier alpha value is -2.04. The third kappa shape index (κ3) is 1.63. The van der Waals surface area contributed by atoms with E-state index in [1.165, 1.54) is 0 Å². The topological polar surface area (TPSA) is 57.8 Å². The first-order chi connectivity index (χ1) is 8.72. The predicted octanol–water partition coefficient (Wildman–Crippen LogP) is 2.02. The molecule has 5 heteroatoms. The lowest BCUT2D eigenvalue weighted by atomic mass is 10.3. The van der Waals surface area contributed by atoms with Crippen LogP contribution in [0.25, 0.3) is 5.65 Å². The number of imidazole rings is 1. The summed E-state index contributed by atoms with van der Waals surface area (Å²) < 4.78 is 1.64. The van der Waals surface area contributed by atoms with Crippen LogP contribution in [-0.2, 0) is 0 Å². The van der Waals surface area contributed by atoms with E-state index in [9.17, 15) is 9.90 Å². The number of carboxylic acid groups (broad SMARTS) is 1. The van der Waals surface area contributed by atoms with Crippen LogP contribution in [0.3, 0.4) is 0 Å². The quantitative estimate of drug-likeness (QED) is 0.895. The minimum absolute atomic E-state index is 0.263. The number of aromatic carboxylic acids is 1. The van der Waals surface area contributed by atoms with E-state index in [0.717, 1.165) is 19.4 Å². The van der Waals surface area contributed by atoms with Crippen molar-refractivity contribution in [2.45, 2.75) is 25.8 Å². The van der Waals surface area contributed by atoms with Crippen molar-refractivity contribution in [1.82, 2.24) is 9.38 Å². The summed E-state index contributed by atoms with van der Waals surface area (Å²) in [6, 6.07) is 5.97. The number of rotatable bonds is 4. The number of hydrogen-bond acceptors (Lipinski definition) is 3. The summed E-state index contributed by atoms with van der Waals surface area (Å²) >= 11 is 0. The molecule has 1 aliphatic carbocycles. The van der Waals surface area contributed by atoms with Crippen LogP contribution in [0.5, 0.6) is 0 Å². The second kappa shape index (κ2) is 4.01. The van der Waals surface area contributed by atoms with Crippen LogP contribution in [0.15, 0.2) is 24.4 Å². The first kappa shape index (κ1) is 11.1. The highest BCUT2D eigenvalue weighted by atomic mass is 16.4. The Morgan fingerprint density at radius 3 is 2.94 bits per heavy atom. The fourth-order valence-electron chi connectivity index (χ4n) is 2.35. The molecule has 1 fully saturated rings. The van der Waals surface area contributed by atoms with E-state index in [1.54, 1.807) is 10.6 Å². The van der Waals surface area contributed by atoms with E-state index < -0.39 is 5.97 Å². The van der Waals surface area contributed by atoms with Gasteiger partial charge in [0.15, 0.2) is 11.5 Å².